The van der Waals surface area contributed by atoms with Gasteiger partial charge in [0.1, 0.15) is 0 Å². The summed E-state index contributed by atoms with van der Waals surface area (Å²) in [5.41, 5.74) is 0.927. The molecule has 0 fully saturated rings. The van der Waals surface area contributed by atoms with Crippen LogP contribution < -0.4 is 5.32 Å². The zero-order valence-corrected chi connectivity index (χ0v) is 15.7. The number of sulfone groups is 1. The van der Waals surface area contributed by atoms with Gasteiger partial charge in [0.05, 0.1) is 14.7 Å². The molecule has 1 heterocycles. The van der Waals surface area contributed by atoms with E-state index in [0.717, 1.165) is 18.7 Å². The van der Waals surface area contributed by atoms with Gasteiger partial charge in [0.25, 0.3) is 0 Å². The topological polar surface area (TPSA) is 46.2 Å². The number of nitrogens with one attached hydrogen (secondary N) is 1. The highest BCUT2D eigenvalue weighted by Gasteiger charge is 2.18. The SMILES string of the molecule is CNC(c1cccc(S(C)(=O)=O)c1)c1cc(Br)c(Br)s1. The maximum atomic E-state index is 11.7. The first-order chi connectivity index (χ1) is 9.32. The fraction of sp³-hybridized carbons (Fsp3) is 0.231. The molecule has 108 valence electrons. The number of rotatable bonds is 4. The van der Waals surface area contributed by atoms with E-state index in [0.29, 0.717) is 4.90 Å². The molecule has 2 aromatic rings. The zero-order valence-electron chi connectivity index (χ0n) is 10.9. The first kappa shape index (κ1) is 16.2. The lowest BCUT2D eigenvalue weighted by atomic mass is 10.1. The van der Waals surface area contributed by atoms with Crippen molar-refractivity contribution in [2.75, 3.05) is 13.3 Å². The molecule has 0 saturated carbocycles. The van der Waals surface area contributed by atoms with E-state index in [4.69, 9.17) is 0 Å². The van der Waals surface area contributed by atoms with Gasteiger partial charge in [0, 0.05) is 15.6 Å². The Hall–Kier alpha value is -0.210. The average molecular weight is 439 g/mol. The second kappa shape index (κ2) is 6.27. The van der Waals surface area contributed by atoms with E-state index in [1.165, 1.54) is 6.26 Å². The third-order valence-corrected chi connectivity index (χ3v) is 7.29. The van der Waals surface area contributed by atoms with Gasteiger partial charge in [-0.15, -0.1) is 11.3 Å². The van der Waals surface area contributed by atoms with Gasteiger partial charge in [-0.2, -0.15) is 0 Å². The average Bonchev–Trinajstić information content (AvgIpc) is 2.69. The van der Waals surface area contributed by atoms with Gasteiger partial charge in [-0.25, -0.2) is 8.42 Å². The summed E-state index contributed by atoms with van der Waals surface area (Å²) in [6.07, 6.45) is 1.22. The number of halogens is 2. The fourth-order valence-corrected chi connectivity index (χ4v) is 4.81. The van der Waals surface area contributed by atoms with E-state index in [9.17, 15) is 8.42 Å². The van der Waals surface area contributed by atoms with E-state index in [1.807, 2.05) is 19.2 Å². The van der Waals surface area contributed by atoms with Gasteiger partial charge in [0.15, 0.2) is 9.84 Å². The van der Waals surface area contributed by atoms with E-state index in [1.54, 1.807) is 29.5 Å². The van der Waals surface area contributed by atoms with E-state index >= 15 is 0 Å². The molecule has 7 heteroatoms. The number of thiophene rings is 1. The summed E-state index contributed by atoms with van der Waals surface area (Å²) in [7, 11) is -1.33. The molecule has 1 atom stereocenters. The van der Waals surface area contributed by atoms with Gasteiger partial charge < -0.3 is 5.32 Å². The minimum atomic E-state index is -3.20. The predicted molar refractivity (Wildman–Crippen MR) is 90.2 cm³/mol. The third-order valence-electron chi connectivity index (χ3n) is 2.86. The van der Waals surface area contributed by atoms with Crippen LogP contribution in [0.4, 0.5) is 0 Å². The van der Waals surface area contributed by atoms with Crippen LogP contribution in [0.3, 0.4) is 0 Å². The summed E-state index contributed by atoms with van der Waals surface area (Å²) in [6, 6.07) is 9.03. The van der Waals surface area contributed by atoms with Crippen molar-refractivity contribution < 1.29 is 8.42 Å². The van der Waals surface area contributed by atoms with Crippen molar-refractivity contribution in [1.82, 2.24) is 5.32 Å². The lowest BCUT2D eigenvalue weighted by Gasteiger charge is -2.15. The van der Waals surface area contributed by atoms with Crippen LogP contribution in [0.25, 0.3) is 0 Å². The Balaban J connectivity index is 2.47. The van der Waals surface area contributed by atoms with Gasteiger partial charge in [-0.05, 0) is 62.7 Å². The van der Waals surface area contributed by atoms with Crippen LogP contribution in [0.5, 0.6) is 0 Å². The summed E-state index contributed by atoms with van der Waals surface area (Å²) in [6.45, 7) is 0. The Labute approximate surface area is 139 Å². The molecule has 0 aliphatic rings. The standard InChI is InChI=1S/C13H13Br2NO2S2/c1-16-12(11-7-10(14)13(15)19-11)8-4-3-5-9(6-8)20(2,17)18/h3-7,12,16H,1-2H3. The third kappa shape index (κ3) is 3.51. The maximum absolute atomic E-state index is 11.7. The summed E-state index contributed by atoms with van der Waals surface area (Å²) in [5, 5.41) is 3.23. The monoisotopic (exact) mass is 437 g/mol. The molecule has 0 radical (unpaired) electrons. The molecule has 0 amide bonds. The first-order valence-electron chi connectivity index (χ1n) is 5.75. The van der Waals surface area contributed by atoms with Crippen LogP contribution in [0.15, 0.2) is 43.5 Å². The minimum absolute atomic E-state index is 0.0377. The van der Waals surface area contributed by atoms with Crippen LogP contribution >= 0.6 is 43.2 Å². The molecule has 1 aromatic heterocycles. The fourth-order valence-electron chi connectivity index (χ4n) is 1.90. The van der Waals surface area contributed by atoms with Crippen LogP contribution in [0.1, 0.15) is 16.5 Å². The summed E-state index contributed by atoms with van der Waals surface area (Å²) in [5.74, 6) is 0. The number of benzene rings is 1. The molecule has 0 bridgehead atoms. The number of hydrogen-bond donors (Lipinski definition) is 1. The number of hydrogen-bond acceptors (Lipinski definition) is 4. The van der Waals surface area contributed by atoms with Crippen LogP contribution in [-0.2, 0) is 9.84 Å². The van der Waals surface area contributed by atoms with Crippen molar-refractivity contribution in [2.24, 2.45) is 0 Å². The Morgan fingerprint density at radius 2 is 1.95 bits per heavy atom. The molecule has 0 saturated heterocycles. The summed E-state index contributed by atoms with van der Waals surface area (Å²) in [4.78, 5) is 1.45. The largest absolute Gasteiger partial charge is 0.309 e. The lowest BCUT2D eigenvalue weighted by Crippen LogP contribution is -2.16. The highest BCUT2D eigenvalue weighted by Crippen LogP contribution is 2.37. The van der Waals surface area contributed by atoms with Gasteiger partial charge in [-0.3, -0.25) is 0 Å². The molecular weight excluding hydrogens is 426 g/mol. The van der Waals surface area contributed by atoms with E-state index in [2.05, 4.69) is 37.2 Å². The van der Waals surface area contributed by atoms with Crippen molar-refractivity contribution in [3.63, 3.8) is 0 Å². The Morgan fingerprint density at radius 1 is 1.25 bits per heavy atom. The van der Waals surface area contributed by atoms with Crippen molar-refractivity contribution in [2.45, 2.75) is 10.9 Å². The second-order valence-electron chi connectivity index (χ2n) is 4.34. The highest BCUT2D eigenvalue weighted by molar-refractivity contribution is 9.13. The molecule has 0 aliphatic heterocycles. The second-order valence-corrected chi connectivity index (χ2v) is 9.61. The molecule has 1 N–H and O–H groups in total. The van der Waals surface area contributed by atoms with Crippen molar-refractivity contribution in [1.29, 1.82) is 0 Å². The molecule has 1 unspecified atom stereocenters. The van der Waals surface area contributed by atoms with Crippen LogP contribution in [0.2, 0.25) is 0 Å². The first-order valence-corrected chi connectivity index (χ1v) is 10.0. The van der Waals surface area contributed by atoms with Gasteiger partial charge in [0.2, 0.25) is 0 Å². The molecule has 20 heavy (non-hydrogen) atoms. The molecule has 0 spiro atoms. The quantitative estimate of drug-likeness (QED) is 0.784. The van der Waals surface area contributed by atoms with Crippen molar-refractivity contribution in [3.05, 3.63) is 49.0 Å². The Bertz CT molecular complexity index is 706. The zero-order chi connectivity index (χ0) is 14.9. The minimum Gasteiger partial charge on any atom is -0.309 e. The smallest absolute Gasteiger partial charge is 0.175 e. The van der Waals surface area contributed by atoms with Gasteiger partial charge in [-0.1, -0.05) is 12.1 Å². The molecular formula is C13H13Br2NO2S2. The van der Waals surface area contributed by atoms with E-state index in [-0.39, 0.29) is 6.04 Å². The van der Waals surface area contributed by atoms with Crippen molar-refractivity contribution >= 4 is 53.0 Å². The van der Waals surface area contributed by atoms with Gasteiger partial charge >= 0.3 is 0 Å². The van der Waals surface area contributed by atoms with Crippen LogP contribution in [-0.4, -0.2) is 21.7 Å². The molecule has 2 rings (SSSR count). The molecule has 0 aliphatic carbocycles. The summed E-state index contributed by atoms with van der Waals surface area (Å²) >= 11 is 8.57. The maximum Gasteiger partial charge on any atom is 0.175 e. The molecule has 1 aromatic carbocycles. The Kier molecular flexibility index (Phi) is 5.07. The lowest BCUT2D eigenvalue weighted by molar-refractivity contribution is 0.601. The highest BCUT2D eigenvalue weighted by atomic mass is 79.9. The predicted octanol–water partition coefficient (Wildman–Crippen LogP) is 3.99. The van der Waals surface area contributed by atoms with Crippen molar-refractivity contribution in [3.8, 4) is 0 Å². The van der Waals surface area contributed by atoms with E-state index < -0.39 is 9.84 Å². The Morgan fingerprint density at radius 3 is 2.45 bits per heavy atom. The normalized spacial score (nSPS) is 13.4. The molecule has 3 nitrogen and oxygen atoms in total. The summed E-state index contributed by atoms with van der Waals surface area (Å²) < 4.78 is 25.3. The van der Waals surface area contributed by atoms with Crippen LogP contribution in [0, 0.1) is 0 Å².